The highest BCUT2D eigenvalue weighted by Crippen LogP contribution is 2.62. The molecule has 73 heavy (non-hydrogen) atoms. The Morgan fingerprint density at radius 3 is 1.42 bits per heavy atom. The largest absolute Gasteiger partial charge is 0.454 e. The molecule has 2 aromatic heterocycles. The molecule has 0 amide bonds. The summed E-state index contributed by atoms with van der Waals surface area (Å²) in [5.74, 6) is 0. The van der Waals surface area contributed by atoms with Crippen LogP contribution in [0.4, 0.5) is 45.5 Å². The maximum absolute atomic E-state index is 7.37. The minimum Gasteiger partial charge on any atom is -0.454 e. The number of hydrogen-bond acceptors (Lipinski definition) is 5. The van der Waals surface area contributed by atoms with Gasteiger partial charge in [-0.15, -0.1) is 0 Å². The van der Waals surface area contributed by atoms with E-state index >= 15 is 0 Å². The first-order chi connectivity index (χ1) is 35.0. The highest BCUT2D eigenvalue weighted by molar-refractivity contribution is 7.16. The maximum Gasteiger partial charge on any atom is 0.251 e. The summed E-state index contributed by atoms with van der Waals surface area (Å²) in [4.78, 5) is 8.03. The van der Waals surface area contributed by atoms with Gasteiger partial charge in [0, 0.05) is 72.2 Å². The number of rotatable bonds is 3. The van der Waals surface area contributed by atoms with Crippen molar-refractivity contribution in [3.8, 4) is 0 Å². The second-order valence-corrected chi connectivity index (χ2v) is 29.5. The predicted octanol–water partition coefficient (Wildman–Crippen LogP) is 15.0. The third-order valence-corrected chi connectivity index (χ3v) is 22.4. The predicted molar refractivity (Wildman–Crippen MR) is 312 cm³/mol. The van der Waals surface area contributed by atoms with E-state index in [0.29, 0.717) is 0 Å². The van der Waals surface area contributed by atoms with Gasteiger partial charge in [0.05, 0.1) is 16.9 Å². The lowest BCUT2D eigenvalue weighted by Crippen LogP contribution is -2.79. The van der Waals surface area contributed by atoms with Gasteiger partial charge in [0.2, 0.25) is 0 Å². The van der Waals surface area contributed by atoms with Crippen molar-refractivity contribution in [3.63, 3.8) is 0 Å². The number of anilines is 8. The molecule has 1 aliphatic carbocycles. The van der Waals surface area contributed by atoms with Crippen LogP contribution in [0.1, 0.15) is 97.8 Å². The molecule has 5 nitrogen and oxygen atoms in total. The summed E-state index contributed by atoms with van der Waals surface area (Å²) in [6.07, 6.45) is 4.72. The third kappa shape index (κ3) is 5.44. The summed E-state index contributed by atoms with van der Waals surface area (Å²) in [5.41, 5.74) is 21.1. The first kappa shape index (κ1) is 43.6. The van der Waals surface area contributed by atoms with Crippen LogP contribution in [0.15, 0.2) is 154 Å². The van der Waals surface area contributed by atoms with Gasteiger partial charge in [0.1, 0.15) is 19.2 Å². The molecule has 2 unspecified atom stereocenters. The van der Waals surface area contributed by atoms with Gasteiger partial charge in [-0.2, -0.15) is 0 Å². The summed E-state index contributed by atoms with van der Waals surface area (Å²) in [7, 11) is -2.31. The fourth-order valence-corrected chi connectivity index (χ4v) is 18.4. The van der Waals surface area contributed by atoms with Crippen molar-refractivity contribution < 1.29 is 8.83 Å². The smallest absolute Gasteiger partial charge is 0.251 e. The zero-order valence-electron chi connectivity index (χ0n) is 43.9. The van der Waals surface area contributed by atoms with Crippen molar-refractivity contribution in [2.45, 2.75) is 116 Å². The van der Waals surface area contributed by atoms with E-state index in [0.717, 1.165) is 68.1 Å². The van der Waals surface area contributed by atoms with Crippen LogP contribution in [-0.4, -0.2) is 20.3 Å². The number of fused-ring (bicyclic) bond motifs is 9. The standard InChI is InChI=1S/C66H62BN3O2Si/c1-63(2,3)45-26-15-21-40-42-23-17-31-50(61(42)71-59(40)45)68-48-29-19-33-54-57(48)67-56-52(68)37-39(70-47-28-12-11-25-44(47)65(7)35-13-14-36-66(65,70)8)38-53(56)69(49-30-20-34-55(58(49)67)73(54,9)10)51-32-18-24-43-41-22-16-27-46(64(4,5)6)60(41)72-62(43)51/h11-12,15-34,37-38H,13-14,35-36H2,1-10H3. The molecule has 4 aliphatic heterocycles. The van der Waals surface area contributed by atoms with Crippen molar-refractivity contribution in [2.75, 3.05) is 14.7 Å². The van der Waals surface area contributed by atoms with Crippen LogP contribution in [0.25, 0.3) is 43.9 Å². The van der Waals surface area contributed by atoms with Crippen LogP contribution in [0.2, 0.25) is 13.1 Å². The van der Waals surface area contributed by atoms with Gasteiger partial charge >= 0.3 is 0 Å². The van der Waals surface area contributed by atoms with Crippen LogP contribution in [0, 0.1) is 0 Å². The molecule has 0 radical (unpaired) electrons. The molecule has 8 aromatic carbocycles. The number of nitrogens with zero attached hydrogens (tertiary/aromatic N) is 3. The van der Waals surface area contributed by atoms with E-state index in [1.807, 2.05) is 0 Å². The van der Waals surface area contributed by atoms with Gasteiger partial charge in [0.15, 0.2) is 11.2 Å². The molecule has 7 heteroatoms. The minimum absolute atomic E-state index is 0.0216. The Balaban J connectivity index is 1.10. The Morgan fingerprint density at radius 1 is 0.466 bits per heavy atom. The Hall–Kier alpha value is -6.96. The van der Waals surface area contributed by atoms with Crippen LogP contribution in [0.3, 0.4) is 0 Å². The van der Waals surface area contributed by atoms with E-state index in [-0.39, 0.29) is 28.5 Å². The molecule has 1 saturated carbocycles. The molecule has 5 aliphatic rings. The molecule has 1 fully saturated rings. The third-order valence-electron chi connectivity index (χ3n) is 18.8. The zero-order chi connectivity index (χ0) is 49.9. The van der Waals surface area contributed by atoms with Gasteiger partial charge < -0.3 is 23.5 Å². The summed E-state index contributed by atoms with van der Waals surface area (Å²) in [6, 6.07) is 56.0. The normalized spacial score (nSPS) is 20.4. The molecule has 0 spiro atoms. The summed E-state index contributed by atoms with van der Waals surface area (Å²) in [5, 5.41) is 7.64. The number of benzene rings is 8. The van der Waals surface area contributed by atoms with E-state index < -0.39 is 8.07 Å². The number of furan rings is 2. The average molecular weight is 968 g/mol. The van der Waals surface area contributed by atoms with Crippen LogP contribution < -0.4 is 41.5 Å². The van der Waals surface area contributed by atoms with Crippen molar-refractivity contribution >= 4 is 131 Å². The molecule has 15 rings (SSSR count). The second kappa shape index (κ2) is 14.2. The summed E-state index contributed by atoms with van der Waals surface area (Å²) < 4.78 is 14.7. The number of hydrogen-bond donors (Lipinski definition) is 0. The first-order valence-electron chi connectivity index (χ1n) is 26.8. The molecule has 0 N–H and O–H groups in total. The van der Waals surface area contributed by atoms with Crippen LogP contribution in [0.5, 0.6) is 0 Å². The fourth-order valence-electron chi connectivity index (χ4n) is 15.2. The lowest BCUT2D eigenvalue weighted by Gasteiger charge is -2.52. The van der Waals surface area contributed by atoms with E-state index in [2.05, 4.69) is 229 Å². The molecule has 0 bridgehead atoms. The highest BCUT2D eigenvalue weighted by Gasteiger charge is 2.59. The van der Waals surface area contributed by atoms with E-state index in [4.69, 9.17) is 8.83 Å². The van der Waals surface area contributed by atoms with Gasteiger partial charge in [-0.25, -0.2) is 0 Å². The SMILES string of the molecule is CC(C)(C)c1cccc2c1oc1c(N3c4cc(N5c6ccccc6C6(C)CCCCC56C)cc5c4B4c6c3cccc6[Si](C)(C)c3cccc(c34)N5c3cccc4c3oc3c(C(C)(C)C)cccc34)cccc12. The van der Waals surface area contributed by atoms with Crippen molar-refractivity contribution in [3.05, 3.63) is 162 Å². The second-order valence-electron chi connectivity index (χ2n) is 25.1. The first-order valence-corrected chi connectivity index (χ1v) is 29.8. The van der Waals surface area contributed by atoms with Crippen molar-refractivity contribution in [2.24, 2.45) is 0 Å². The molecule has 6 heterocycles. The minimum atomic E-state index is -2.31. The maximum atomic E-state index is 7.37. The van der Waals surface area contributed by atoms with E-state index in [9.17, 15) is 0 Å². The van der Waals surface area contributed by atoms with Gasteiger partial charge in [-0.05, 0) is 95.0 Å². The summed E-state index contributed by atoms with van der Waals surface area (Å²) >= 11 is 0. The van der Waals surface area contributed by atoms with E-state index in [1.54, 1.807) is 0 Å². The Kier molecular flexibility index (Phi) is 8.49. The van der Waals surface area contributed by atoms with Gasteiger partial charge in [-0.3, -0.25) is 0 Å². The number of para-hydroxylation sites is 5. The molecular formula is C66H62BN3O2Si. The molecule has 360 valence electrons. The van der Waals surface area contributed by atoms with Crippen molar-refractivity contribution in [1.82, 2.24) is 0 Å². The van der Waals surface area contributed by atoms with Crippen molar-refractivity contribution in [1.29, 1.82) is 0 Å². The zero-order valence-corrected chi connectivity index (χ0v) is 44.9. The van der Waals surface area contributed by atoms with Gasteiger partial charge in [0.25, 0.3) is 6.71 Å². The highest BCUT2D eigenvalue weighted by atomic mass is 28.3. The topological polar surface area (TPSA) is 36.0 Å². The Morgan fingerprint density at radius 2 is 0.904 bits per heavy atom. The molecular weight excluding hydrogens is 906 g/mol. The average Bonchev–Trinajstić information content (AvgIpc) is 4.02. The fraction of sp³-hybridized carbons (Fsp3) is 0.273. The molecule has 2 atom stereocenters. The Labute approximate surface area is 430 Å². The monoisotopic (exact) mass is 967 g/mol. The lowest BCUT2D eigenvalue weighted by molar-refractivity contribution is 0.195. The van der Waals surface area contributed by atoms with Crippen LogP contribution >= 0.6 is 0 Å². The Bertz CT molecular complexity index is 3860. The summed E-state index contributed by atoms with van der Waals surface area (Å²) in [6.45, 7) is 24.1. The van der Waals surface area contributed by atoms with Crippen LogP contribution in [-0.2, 0) is 16.2 Å². The quantitative estimate of drug-likeness (QED) is 0.165. The lowest BCUT2D eigenvalue weighted by atomic mass is 9.33. The molecule has 10 aromatic rings. The van der Waals surface area contributed by atoms with Gasteiger partial charge in [-0.1, -0.05) is 188 Å². The van der Waals surface area contributed by atoms with E-state index in [1.165, 1.54) is 90.4 Å². The molecule has 0 saturated heterocycles.